The highest BCUT2D eigenvalue weighted by molar-refractivity contribution is 8.00. The molecule has 0 aliphatic rings. The van der Waals surface area contributed by atoms with E-state index >= 15 is 0 Å². The number of anilines is 1. The molecule has 0 saturated heterocycles. The lowest BCUT2D eigenvalue weighted by Gasteiger charge is -2.08. The number of nitrogens with one attached hydrogen (secondary N) is 1. The molecule has 0 bridgehead atoms. The van der Waals surface area contributed by atoms with Gasteiger partial charge in [0.05, 0.1) is 25.7 Å². The number of thiazole rings is 1. The Labute approximate surface area is 205 Å². The lowest BCUT2D eigenvalue weighted by Crippen LogP contribution is -2.21. The maximum absolute atomic E-state index is 12.2. The van der Waals surface area contributed by atoms with E-state index in [0.717, 1.165) is 21.2 Å². The number of amides is 1. The predicted molar refractivity (Wildman–Crippen MR) is 135 cm³/mol. The molecule has 4 aromatic rings. The van der Waals surface area contributed by atoms with E-state index < -0.39 is 11.9 Å². The summed E-state index contributed by atoms with van der Waals surface area (Å²) in [6.45, 7) is -0.373. The molecule has 4 rings (SSSR count). The van der Waals surface area contributed by atoms with Gasteiger partial charge in [0.25, 0.3) is 5.91 Å². The van der Waals surface area contributed by atoms with Crippen molar-refractivity contribution in [2.45, 2.75) is 4.90 Å². The summed E-state index contributed by atoms with van der Waals surface area (Å²) in [5, 5.41) is 7.15. The van der Waals surface area contributed by atoms with Gasteiger partial charge in [0, 0.05) is 15.8 Å². The van der Waals surface area contributed by atoms with Crippen LogP contribution < -0.4 is 14.8 Å². The van der Waals surface area contributed by atoms with Gasteiger partial charge in [-0.2, -0.15) is 0 Å². The Hall–Kier alpha value is -3.56. The van der Waals surface area contributed by atoms with Crippen molar-refractivity contribution in [2.75, 3.05) is 31.9 Å². The number of carbonyl (C=O) groups excluding carboxylic acids is 2. The largest absolute Gasteiger partial charge is 0.493 e. The van der Waals surface area contributed by atoms with Crippen molar-refractivity contribution in [3.05, 3.63) is 66.0 Å². The van der Waals surface area contributed by atoms with Gasteiger partial charge in [-0.25, -0.2) is 4.98 Å². The van der Waals surface area contributed by atoms with Gasteiger partial charge in [0.2, 0.25) is 0 Å². The van der Waals surface area contributed by atoms with E-state index in [1.165, 1.54) is 23.1 Å². The minimum absolute atomic E-state index is 0.117. The fourth-order valence-electron chi connectivity index (χ4n) is 3.20. The first-order valence-electron chi connectivity index (χ1n) is 10.3. The highest BCUT2D eigenvalue weighted by Gasteiger charge is 2.13. The first kappa shape index (κ1) is 23.6. The van der Waals surface area contributed by atoms with Crippen LogP contribution >= 0.6 is 23.1 Å². The Bertz CT molecular complexity index is 1320. The lowest BCUT2D eigenvalue weighted by atomic mass is 10.1. The Balaban J connectivity index is 1.26. The zero-order valence-corrected chi connectivity index (χ0v) is 20.2. The number of methoxy groups -OCH3 is 2. The average molecular weight is 495 g/mol. The summed E-state index contributed by atoms with van der Waals surface area (Å²) in [6.07, 6.45) is 0. The second-order valence-corrected chi connectivity index (χ2v) is 9.02. The van der Waals surface area contributed by atoms with Gasteiger partial charge in [-0.05, 0) is 41.1 Å². The Kier molecular flexibility index (Phi) is 7.66. The number of rotatable bonds is 9. The molecule has 7 nitrogen and oxygen atoms in total. The maximum atomic E-state index is 12.2. The van der Waals surface area contributed by atoms with E-state index in [2.05, 4.69) is 10.3 Å². The highest BCUT2D eigenvalue weighted by atomic mass is 32.2. The summed E-state index contributed by atoms with van der Waals surface area (Å²) >= 11 is 2.65. The molecule has 0 atom stereocenters. The van der Waals surface area contributed by atoms with Crippen LogP contribution in [0.15, 0.2) is 70.9 Å². The Morgan fingerprint density at radius 1 is 0.971 bits per heavy atom. The third kappa shape index (κ3) is 5.86. The zero-order valence-electron chi connectivity index (χ0n) is 18.6. The van der Waals surface area contributed by atoms with Crippen LogP contribution in [0.5, 0.6) is 11.5 Å². The average Bonchev–Trinajstić information content (AvgIpc) is 3.34. The van der Waals surface area contributed by atoms with Gasteiger partial charge in [-0.1, -0.05) is 30.3 Å². The van der Waals surface area contributed by atoms with Crippen molar-refractivity contribution < 1.29 is 23.8 Å². The van der Waals surface area contributed by atoms with Gasteiger partial charge in [-0.15, -0.1) is 23.1 Å². The van der Waals surface area contributed by atoms with E-state index in [-0.39, 0.29) is 12.4 Å². The van der Waals surface area contributed by atoms with Crippen molar-refractivity contribution in [2.24, 2.45) is 0 Å². The van der Waals surface area contributed by atoms with E-state index in [0.29, 0.717) is 22.3 Å². The molecule has 9 heteroatoms. The second-order valence-electron chi connectivity index (χ2n) is 7.11. The molecular formula is C25H22N2O5S2. The summed E-state index contributed by atoms with van der Waals surface area (Å²) in [7, 11) is 3.14. The van der Waals surface area contributed by atoms with Crippen LogP contribution in [0.25, 0.3) is 22.0 Å². The molecule has 0 aliphatic carbocycles. The van der Waals surface area contributed by atoms with E-state index in [4.69, 9.17) is 14.2 Å². The quantitative estimate of drug-likeness (QED) is 0.251. The molecule has 0 aliphatic heterocycles. The van der Waals surface area contributed by atoms with E-state index in [9.17, 15) is 9.59 Å². The van der Waals surface area contributed by atoms with Crippen molar-refractivity contribution in [1.29, 1.82) is 0 Å². The second kappa shape index (κ2) is 11.0. The number of fused-ring (bicyclic) bond motifs is 1. The minimum atomic E-state index is -0.460. The molecule has 1 heterocycles. The van der Waals surface area contributed by atoms with Crippen LogP contribution in [0.4, 0.5) is 5.13 Å². The molecule has 0 spiro atoms. The number of ether oxygens (including phenoxy) is 3. The van der Waals surface area contributed by atoms with Gasteiger partial charge in [-0.3, -0.25) is 14.9 Å². The SMILES string of the molecule is COc1ccc(-c2csc(NC(=O)COC(=O)CSc3ccc4ccccc4c3)n2)cc1OC. The number of carbonyl (C=O) groups is 2. The smallest absolute Gasteiger partial charge is 0.316 e. The molecule has 0 fully saturated rings. The fraction of sp³-hybridized carbons (Fsp3) is 0.160. The number of aromatic nitrogens is 1. The Morgan fingerprint density at radius 2 is 1.76 bits per heavy atom. The summed E-state index contributed by atoms with van der Waals surface area (Å²) < 4.78 is 15.7. The number of nitrogens with zero attached hydrogens (tertiary/aromatic N) is 1. The number of esters is 1. The minimum Gasteiger partial charge on any atom is -0.493 e. The maximum Gasteiger partial charge on any atom is 0.316 e. The first-order valence-corrected chi connectivity index (χ1v) is 12.2. The van der Waals surface area contributed by atoms with Crippen molar-refractivity contribution in [3.8, 4) is 22.8 Å². The van der Waals surface area contributed by atoms with Crippen LogP contribution in [-0.4, -0.2) is 43.4 Å². The van der Waals surface area contributed by atoms with Crippen LogP contribution in [0, 0.1) is 0 Å². The van der Waals surface area contributed by atoms with Gasteiger partial charge >= 0.3 is 5.97 Å². The fourth-order valence-corrected chi connectivity index (χ4v) is 4.68. The van der Waals surface area contributed by atoms with Crippen molar-refractivity contribution >= 4 is 50.9 Å². The molecule has 3 aromatic carbocycles. The number of thioether (sulfide) groups is 1. The molecule has 1 amide bonds. The third-order valence-electron chi connectivity index (χ3n) is 4.87. The van der Waals surface area contributed by atoms with Gasteiger partial charge in [0.15, 0.2) is 23.2 Å². The zero-order chi connectivity index (χ0) is 23.9. The first-order chi connectivity index (χ1) is 16.6. The lowest BCUT2D eigenvalue weighted by molar-refractivity contribution is -0.144. The van der Waals surface area contributed by atoms with Gasteiger partial charge in [0.1, 0.15) is 0 Å². The summed E-state index contributed by atoms with van der Waals surface area (Å²) in [5.74, 6) is 0.421. The summed E-state index contributed by atoms with van der Waals surface area (Å²) in [4.78, 5) is 29.7. The van der Waals surface area contributed by atoms with E-state index in [1.54, 1.807) is 20.3 Å². The van der Waals surface area contributed by atoms with Crippen molar-refractivity contribution in [1.82, 2.24) is 4.98 Å². The molecule has 174 valence electrons. The van der Waals surface area contributed by atoms with Gasteiger partial charge < -0.3 is 14.2 Å². The topological polar surface area (TPSA) is 86.8 Å². The number of hydrogen-bond acceptors (Lipinski definition) is 8. The summed E-state index contributed by atoms with van der Waals surface area (Å²) in [6, 6.07) is 19.5. The normalized spacial score (nSPS) is 10.6. The van der Waals surface area contributed by atoms with Crippen LogP contribution in [0.1, 0.15) is 0 Å². The monoisotopic (exact) mass is 494 g/mol. The standard InChI is InChI=1S/C25H22N2O5S2/c1-30-21-10-8-18(12-22(21)31-2)20-14-34-25(26-20)27-23(28)13-32-24(29)15-33-19-9-7-16-5-3-4-6-17(16)11-19/h3-12,14H,13,15H2,1-2H3,(H,26,27,28). The highest BCUT2D eigenvalue weighted by Crippen LogP contribution is 2.33. The third-order valence-corrected chi connectivity index (χ3v) is 6.60. The molecule has 0 unspecified atom stereocenters. The van der Waals surface area contributed by atoms with Crippen LogP contribution in [0.3, 0.4) is 0 Å². The Morgan fingerprint density at radius 3 is 2.56 bits per heavy atom. The molecule has 0 radical (unpaired) electrons. The van der Waals surface area contributed by atoms with E-state index in [1.807, 2.05) is 60.0 Å². The number of benzene rings is 3. The molecule has 34 heavy (non-hydrogen) atoms. The van der Waals surface area contributed by atoms with Crippen molar-refractivity contribution in [3.63, 3.8) is 0 Å². The summed E-state index contributed by atoms with van der Waals surface area (Å²) in [5.41, 5.74) is 1.51. The molecule has 1 N–H and O–H groups in total. The molecule has 1 aromatic heterocycles. The van der Waals surface area contributed by atoms with Crippen LogP contribution in [0.2, 0.25) is 0 Å². The molecule has 0 saturated carbocycles. The van der Waals surface area contributed by atoms with Crippen LogP contribution in [-0.2, 0) is 14.3 Å². The predicted octanol–water partition coefficient (Wildman–Crippen LogP) is 5.25. The molecular weight excluding hydrogens is 472 g/mol. The number of hydrogen-bond donors (Lipinski definition) is 1.